The first-order valence-corrected chi connectivity index (χ1v) is 7.83. The van der Waals surface area contributed by atoms with E-state index in [1.165, 1.54) is 24.3 Å². The van der Waals surface area contributed by atoms with E-state index in [-0.39, 0.29) is 17.3 Å². The van der Waals surface area contributed by atoms with Gasteiger partial charge in [0.2, 0.25) is 10.0 Å². The van der Waals surface area contributed by atoms with Crippen LogP contribution in [0.1, 0.15) is 5.56 Å². The molecule has 1 N–H and O–H groups in total. The maximum atomic E-state index is 13.0. The number of halogens is 2. The highest BCUT2D eigenvalue weighted by atomic mass is 35.5. The summed E-state index contributed by atoms with van der Waals surface area (Å²) >= 11 is 5.76. The maximum Gasteiger partial charge on any atom is 0.240 e. The molecule has 0 aliphatic carbocycles. The van der Waals surface area contributed by atoms with E-state index in [0.717, 1.165) is 5.56 Å². The molecule has 2 rings (SSSR count). The van der Waals surface area contributed by atoms with E-state index in [1.54, 1.807) is 24.3 Å². The number of hydrogen-bond donors (Lipinski definition) is 1. The van der Waals surface area contributed by atoms with Crippen molar-refractivity contribution in [3.05, 3.63) is 64.9 Å². The van der Waals surface area contributed by atoms with Crippen molar-refractivity contribution in [1.82, 2.24) is 4.72 Å². The van der Waals surface area contributed by atoms with Gasteiger partial charge in [-0.15, -0.1) is 0 Å². The van der Waals surface area contributed by atoms with Gasteiger partial charge in [-0.1, -0.05) is 29.8 Å². The summed E-state index contributed by atoms with van der Waals surface area (Å²) in [6.07, 6.45) is 0.414. The van der Waals surface area contributed by atoms with Crippen LogP contribution in [0.2, 0.25) is 5.02 Å². The van der Waals surface area contributed by atoms with Crippen molar-refractivity contribution in [2.45, 2.75) is 11.3 Å². The first-order valence-electron chi connectivity index (χ1n) is 5.97. The Morgan fingerprint density at radius 1 is 1.10 bits per heavy atom. The molecule has 20 heavy (non-hydrogen) atoms. The van der Waals surface area contributed by atoms with Crippen molar-refractivity contribution >= 4 is 21.6 Å². The zero-order chi connectivity index (χ0) is 14.6. The smallest absolute Gasteiger partial charge is 0.211 e. The van der Waals surface area contributed by atoms with Crippen LogP contribution in [0.25, 0.3) is 0 Å². The van der Waals surface area contributed by atoms with Gasteiger partial charge in [-0.25, -0.2) is 17.5 Å². The molecule has 106 valence electrons. The Kier molecular flexibility index (Phi) is 4.75. The van der Waals surface area contributed by atoms with Crippen molar-refractivity contribution in [3.63, 3.8) is 0 Å². The highest BCUT2D eigenvalue weighted by molar-refractivity contribution is 7.89. The summed E-state index contributed by atoms with van der Waals surface area (Å²) in [6, 6.07) is 12.1. The molecule has 0 aromatic heterocycles. The van der Waals surface area contributed by atoms with Gasteiger partial charge in [-0.3, -0.25) is 0 Å². The van der Waals surface area contributed by atoms with E-state index in [0.29, 0.717) is 11.4 Å². The molecule has 0 unspecified atom stereocenters. The standard InChI is InChI=1S/C14H13ClFNO2S/c15-12-4-2-6-14(10-12)20(18,19)17-8-7-11-3-1-5-13(16)9-11/h1-6,9-10,17H,7-8H2. The van der Waals surface area contributed by atoms with Gasteiger partial charge in [0.1, 0.15) is 5.82 Å². The summed E-state index contributed by atoms with van der Waals surface area (Å²) in [5.41, 5.74) is 0.735. The predicted molar refractivity (Wildman–Crippen MR) is 76.7 cm³/mol. The van der Waals surface area contributed by atoms with E-state index in [9.17, 15) is 12.8 Å². The maximum absolute atomic E-state index is 13.0. The highest BCUT2D eigenvalue weighted by Gasteiger charge is 2.13. The monoisotopic (exact) mass is 313 g/mol. The zero-order valence-corrected chi connectivity index (χ0v) is 12.1. The second kappa shape index (κ2) is 6.35. The van der Waals surface area contributed by atoms with Gasteiger partial charge in [-0.2, -0.15) is 0 Å². The minimum absolute atomic E-state index is 0.115. The van der Waals surface area contributed by atoms with Crippen LogP contribution >= 0.6 is 11.6 Å². The molecular weight excluding hydrogens is 301 g/mol. The molecule has 0 saturated carbocycles. The SMILES string of the molecule is O=S(=O)(NCCc1cccc(F)c1)c1cccc(Cl)c1. The Hall–Kier alpha value is -1.43. The quantitative estimate of drug-likeness (QED) is 0.922. The van der Waals surface area contributed by atoms with Gasteiger partial charge < -0.3 is 0 Å². The molecule has 0 bridgehead atoms. The van der Waals surface area contributed by atoms with Crippen molar-refractivity contribution in [1.29, 1.82) is 0 Å². The number of hydrogen-bond acceptors (Lipinski definition) is 2. The molecule has 2 aromatic rings. The van der Waals surface area contributed by atoms with E-state index in [1.807, 2.05) is 0 Å². The lowest BCUT2D eigenvalue weighted by molar-refractivity contribution is 0.581. The van der Waals surface area contributed by atoms with Crippen LogP contribution in [-0.2, 0) is 16.4 Å². The van der Waals surface area contributed by atoms with Crippen LogP contribution in [0.5, 0.6) is 0 Å². The molecule has 0 radical (unpaired) electrons. The van der Waals surface area contributed by atoms with Gasteiger partial charge >= 0.3 is 0 Å². The van der Waals surface area contributed by atoms with Crippen LogP contribution < -0.4 is 4.72 Å². The Labute approximate surface area is 122 Å². The highest BCUT2D eigenvalue weighted by Crippen LogP contribution is 2.15. The first kappa shape index (κ1) is 15.0. The molecule has 0 spiro atoms. The summed E-state index contributed by atoms with van der Waals surface area (Å²) in [5.74, 6) is -0.333. The van der Waals surface area contributed by atoms with E-state index < -0.39 is 10.0 Å². The zero-order valence-electron chi connectivity index (χ0n) is 10.5. The fourth-order valence-corrected chi connectivity index (χ4v) is 3.07. The van der Waals surface area contributed by atoms with Crippen LogP contribution in [0.3, 0.4) is 0 Å². The van der Waals surface area contributed by atoms with Crippen LogP contribution in [0.15, 0.2) is 53.4 Å². The Balaban J connectivity index is 2.00. The van der Waals surface area contributed by atoms with Crippen molar-refractivity contribution in [3.8, 4) is 0 Å². The topological polar surface area (TPSA) is 46.2 Å². The lowest BCUT2D eigenvalue weighted by atomic mass is 10.1. The molecular formula is C14H13ClFNO2S. The van der Waals surface area contributed by atoms with Crippen molar-refractivity contribution < 1.29 is 12.8 Å². The third kappa shape index (κ3) is 4.03. The average molecular weight is 314 g/mol. The van der Waals surface area contributed by atoms with Gasteiger partial charge in [0.25, 0.3) is 0 Å². The summed E-state index contributed by atoms with van der Waals surface area (Å²) in [7, 11) is -3.59. The molecule has 2 aromatic carbocycles. The predicted octanol–water partition coefficient (Wildman–Crippen LogP) is 3.00. The lowest BCUT2D eigenvalue weighted by Gasteiger charge is -2.07. The van der Waals surface area contributed by atoms with E-state index >= 15 is 0 Å². The molecule has 3 nitrogen and oxygen atoms in total. The van der Waals surface area contributed by atoms with Crippen LogP contribution in [0.4, 0.5) is 4.39 Å². The van der Waals surface area contributed by atoms with E-state index in [4.69, 9.17) is 11.6 Å². The van der Waals surface area contributed by atoms with E-state index in [2.05, 4.69) is 4.72 Å². The summed E-state index contributed by atoms with van der Waals surface area (Å²) < 4.78 is 39.4. The van der Waals surface area contributed by atoms with Gasteiger partial charge in [0.15, 0.2) is 0 Å². The molecule has 6 heteroatoms. The number of sulfonamides is 1. The van der Waals surface area contributed by atoms with Gasteiger partial charge in [0, 0.05) is 11.6 Å². The molecule has 0 saturated heterocycles. The average Bonchev–Trinajstić information content (AvgIpc) is 2.38. The minimum atomic E-state index is -3.59. The van der Waals surface area contributed by atoms with Gasteiger partial charge in [-0.05, 0) is 42.3 Å². The minimum Gasteiger partial charge on any atom is -0.211 e. The Morgan fingerprint density at radius 3 is 2.55 bits per heavy atom. The first-order chi connectivity index (χ1) is 9.47. The molecule has 0 fully saturated rings. The van der Waals surface area contributed by atoms with Crippen molar-refractivity contribution in [2.24, 2.45) is 0 Å². The second-order valence-electron chi connectivity index (χ2n) is 4.24. The molecule has 0 aliphatic heterocycles. The number of rotatable bonds is 5. The molecule has 0 amide bonds. The van der Waals surface area contributed by atoms with Crippen molar-refractivity contribution in [2.75, 3.05) is 6.54 Å². The van der Waals surface area contributed by atoms with Crippen LogP contribution in [-0.4, -0.2) is 15.0 Å². The lowest BCUT2D eigenvalue weighted by Crippen LogP contribution is -2.26. The third-order valence-corrected chi connectivity index (χ3v) is 4.39. The van der Waals surface area contributed by atoms with Gasteiger partial charge in [0.05, 0.1) is 4.90 Å². The summed E-state index contributed by atoms with van der Waals surface area (Å²) in [4.78, 5) is 0.115. The molecule has 0 atom stereocenters. The summed E-state index contributed by atoms with van der Waals surface area (Å²) in [5, 5.41) is 0.359. The Bertz CT molecular complexity index is 704. The molecule has 0 heterocycles. The fraction of sp³-hybridized carbons (Fsp3) is 0.143. The summed E-state index contributed by atoms with van der Waals surface area (Å²) in [6.45, 7) is 0.193. The number of nitrogens with one attached hydrogen (secondary N) is 1. The molecule has 0 aliphatic rings. The van der Waals surface area contributed by atoms with Crippen LogP contribution in [0, 0.1) is 5.82 Å². The Morgan fingerprint density at radius 2 is 1.85 bits per heavy atom. The normalized spacial score (nSPS) is 11.5. The fourth-order valence-electron chi connectivity index (χ4n) is 1.74. The largest absolute Gasteiger partial charge is 0.240 e. The number of benzene rings is 2. The third-order valence-electron chi connectivity index (χ3n) is 2.70. The second-order valence-corrected chi connectivity index (χ2v) is 6.44.